The summed E-state index contributed by atoms with van der Waals surface area (Å²) < 4.78 is 4.89. The van der Waals surface area contributed by atoms with E-state index in [1.807, 2.05) is 24.3 Å². The minimum atomic E-state index is -0.602. The number of esters is 1. The smallest absolute Gasteiger partial charge is 0.328 e. The van der Waals surface area contributed by atoms with Crippen molar-refractivity contribution in [2.75, 3.05) is 7.11 Å². The molecule has 1 heterocycles. The molecule has 2 aromatic carbocycles. The lowest BCUT2D eigenvalue weighted by molar-refractivity contribution is -0.153. The van der Waals surface area contributed by atoms with Crippen molar-refractivity contribution >= 4 is 11.9 Å². The summed E-state index contributed by atoms with van der Waals surface area (Å²) in [7, 11) is 1.34. The second-order valence-electron chi connectivity index (χ2n) is 5.88. The van der Waals surface area contributed by atoms with Gasteiger partial charge in [-0.25, -0.2) is 4.79 Å². The number of carbonyl (C=O) groups is 2. The fraction of sp³-hybridized carbons (Fsp3) is 0.263. The fourth-order valence-corrected chi connectivity index (χ4v) is 3.02. The summed E-state index contributed by atoms with van der Waals surface area (Å²) >= 11 is 0. The highest BCUT2D eigenvalue weighted by molar-refractivity contribution is 5.86. The number of phenols is 1. The van der Waals surface area contributed by atoms with Crippen LogP contribution in [0.5, 0.6) is 5.75 Å². The average Bonchev–Trinajstić information content (AvgIpc) is 2.61. The summed E-state index contributed by atoms with van der Waals surface area (Å²) in [5.41, 5.74) is 2.92. The highest BCUT2D eigenvalue weighted by Crippen LogP contribution is 2.25. The van der Waals surface area contributed by atoms with Gasteiger partial charge in [-0.1, -0.05) is 36.4 Å². The molecular formula is C19H19NO4. The summed E-state index contributed by atoms with van der Waals surface area (Å²) in [4.78, 5) is 26.5. The Morgan fingerprint density at radius 3 is 2.46 bits per heavy atom. The molecule has 0 saturated carbocycles. The molecule has 0 saturated heterocycles. The van der Waals surface area contributed by atoms with Crippen molar-refractivity contribution in [1.29, 1.82) is 0 Å². The Kier molecular flexibility index (Phi) is 4.51. The van der Waals surface area contributed by atoms with Gasteiger partial charge in [-0.2, -0.15) is 0 Å². The third-order valence-corrected chi connectivity index (χ3v) is 4.33. The zero-order valence-corrected chi connectivity index (χ0v) is 13.4. The van der Waals surface area contributed by atoms with Crippen molar-refractivity contribution in [3.63, 3.8) is 0 Å². The summed E-state index contributed by atoms with van der Waals surface area (Å²) in [5, 5.41) is 9.34. The van der Waals surface area contributed by atoms with E-state index in [4.69, 9.17) is 4.74 Å². The van der Waals surface area contributed by atoms with E-state index in [1.165, 1.54) is 7.11 Å². The number of phenolic OH excluding ortho intramolecular Hbond substituents is 1. The lowest BCUT2D eigenvalue weighted by Gasteiger charge is -2.35. The lowest BCUT2D eigenvalue weighted by atomic mass is 9.93. The Labute approximate surface area is 140 Å². The molecule has 1 aliphatic heterocycles. The van der Waals surface area contributed by atoms with Crippen LogP contribution in [0.4, 0.5) is 0 Å². The first-order valence-corrected chi connectivity index (χ1v) is 7.80. The van der Waals surface area contributed by atoms with Crippen LogP contribution >= 0.6 is 0 Å². The molecule has 0 radical (unpaired) electrons. The van der Waals surface area contributed by atoms with Crippen molar-refractivity contribution in [2.45, 2.75) is 25.4 Å². The molecule has 1 unspecified atom stereocenters. The summed E-state index contributed by atoms with van der Waals surface area (Å²) in [5.74, 6) is -0.375. The molecule has 5 heteroatoms. The predicted molar refractivity (Wildman–Crippen MR) is 88.3 cm³/mol. The Hall–Kier alpha value is -2.82. The maximum atomic E-state index is 12.7. The molecule has 1 N–H and O–H groups in total. The van der Waals surface area contributed by atoms with Crippen molar-refractivity contribution in [2.24, 2.45) is 0 Å². The highest BCUT2D eigenvalue weighted by Gasteiger charge is 2.35. The van der Waals surface area contributed by atoms with Crippen LogP contribution in [0.25, 0.3) is 0 Å². The minimum Gasteiger partial charge on any atom is -0.508 e. The van der Waals surface area contributed by atoms with Crippen molar-refractivity contribution in [1.82, 2.24) is 4.90 Å². The number of rotatable bonds is 3. The zero-order chi connectivity index (χ0) is 17.1. The number of ether oxygens (including phenoxy) is 1. The Morgan fingerprint density at radius 1 is 1.12 bits per heavy atom. The van der Waals surface area contributed by atoms with Gasteiger partial charge in [0.05, 0.1) is 13.5 Å². The number of aromatic hydroxyl groups is 1. The van der Waals surface area contributed by atoms with Gasteiger partial charge >= 0.3 is 5.97 Å². The summed E-state index contributed by atoms with van der Waals surface area (Å²) in [6, 6.07) is 13.7. The Bertz CT molecular complexity index is 754. The third kappa shape index (κ3) is 3.25. The van der Waals surface area contributed by atoms with E-state index < -0.39 is 12.0 Å². The van der Waals surface area contributed by atoms with Gasteiger partial charge in [-0.05, 0) is 28.8 Å². The number of hydrogen-bond donors (Lipinski definition) is 1. The van der Waals surface area contributed by atoms with E-state index in [9.17, 15) is 14.7 Å². The molecule has 1 amide bonds. The van der Waals surface area contributed by atoms with Crippen LogP contribution in [0.15, 0.2) is 48.5 Å². The standard InChI is InChI=1S/C19H19NO4/c1-24-19(23)17-11-14-4-2-3-5-15(14)12-20(17)18(22)10-13-6-8-16(21)9-7-13/h2-9,17,21H,10-12H2,1H3. The van der Waals surface area contributed by atoms with Crippen LogP contribution < -0.4 is 0 Å². The maximum absolute atomic E-state index is 12.7. The largest absolute Gasteiger partial charge is 0.508 e. The molecule has 24 heavy (non-hydrogen) atoms. The van der Waals surface area contributed by atoms with Crippen LogP contribution in [0, 0.1) is 0 Å². The van der Waals surface area contributed by atoms with E-state index in [1.54, 1.807) is 29.2 Å². The predicted octanol–water partition coefficient (Wildman–Crippen LogP) is 2.06. The van der Waals surface area contributed by atoms with Gasteiger partial charge in [0.25, 0.3) is 0 Å². The molecular weight excluding hydrogens is 306 g/mol. The number of hydrogen-bond acceptors (Lipinski definition) is 4. The third-order valence-electron chi connectivity index (χ3n) is 4.33. The number of fused-ring (bicyclic) bond motifs is 1. The molecule has 0 fully saturated rings. The van der Waals surface area contributed by atoms with Crippen molar-refractivity contribution < 1.29 is 19.4 Å². The van der Waals surface area contributed by atoms with Crippen molar-refractivity contribution in [3.05, 3.63) is 65.2 Å². The topological polar surface area (TPSA) is 66.8 Å². The zero-order valence-electron chi connectivity index (χ0n) is 13.4. The number of carbonyl (C=O) groups excluding carboxylic acids is 2. The van der Waals surface area contributed by atoms with Gasteiger partial charge in [0, 0.05) is 13.0 Å². The quantitative estimate of drug-likeness (QED) is 0.877. The first kappa shape index (κ1) is 16.1. The molecule has 0 spiro atoms. The second-order valence-corrected chi connectivity index (χ2v) is 5.88. The second kappa shape index (κ2) is 6.74. The summed E-state index contributed by atoms with van der Waals surface area (Å²) in [6.45, 7) is 0.396. The van der Waals surface area contributed by atoms with Gasteiger partial charge in [-0.3, -0.25) is 4.79 Å². The van der Waals surface area contributed by atoms with E-state index in [0.29, 0.717) is 13.0 Å². The van der Waals surface area contributed by atoms with E-state index in [-0.39, 0.29) is 18.1 Å². The molecule has 3 rings (SSSR count). The first-order valence-electron chi connectivity index (χ1n) is 7.80. The Morgan fingerprint density at radius 2 is 1.79 bits per heavy atom. The molecule has 0 bridgehead atoms. The minimum absolute atomic E-state index is 0.134. The number of amides is 1. The highest BCUT2D eigenvalue weighted by atomic mass is 16.5. The van der Waals surface area contributed by atoms with E-state index >= 15 is 0 Å². The Balaban J connectivity index is 1.84. The first-order chi connectivity index (χ1) is 11.6. The maximum Gasteiger partial charge on any atom is 0.328 e. The number of nitrogens with zero attached hydrogens (tertiary/aromatic N) is 1. The van der Waals surface area contributed by atoms with Gasteiger partial charge in [0.2, 0.25) is 5.91 Å². The SMILES string of the molecule is COC(=O)C1Cc2ccccc2CN1C(=O)Cc1ccc(O)cc1. The van der Waals surface area contributed by atoms with Crippen molar-refractivity contribution in [3.8, 4) is 5.75 Å². The van der Waals surface area contributed by atoms with Crippen LogP contribution in [0.2, 0.25) is 0 Å². The van der Waals surface area contributed by atoms with Crippen LogP contribution in [0.3, 0.4) is 0 Å². The van der Waals surface area contributed by atoms with E-state index in [0.717, 1.165) is 16.7 Å². The molecule has 0 aromatic heterocycles. The molecule has 1 aliphatic rings. The van der Waals surface area contributed by atoms with Gasteiger partial charge in [-0.15, -0.1) is 0 Å². The van der Waals surface area contributed by atoms with E-state index in [2.05, 4.69) is 0 Å². The normalized spacial score (nSPS) is 16.4. The van der Waals surface area contributed by atoms with Gasteiger partial charge < -0.3 is 14.7 Å². The molecule has 2 aromatic rings. The number of benzene rings is 2. The monoisotopic (exact) mass is 325 g/mol. The molecule has 1 atom stereocenters. The summed E-state index contributed by atoms with van der Waals surface area (Å²) in [6.07, 6.45) is 0.639. The average molecular weight is 325 g/mol. The number of methoxy groups -OCH3 is 1. The van der Waals surface area contributed by atoms with Crippen LogP contribution in [-0.4, -0.2) is 35.0 Å². The van der Waals surface area contributed by atoms with Gasteiger partial charge in [0.15, 0.2) is 0 Å². The lowest BCUT2D eigenvalue weighted by Crippen LogP contribution is -2.49. The molecule has 124 valence electrons. The molecule has 0 aliphatic carbocycles. The molecule has 5 nitrogen and oxygen atoms in total. The van der Waals surface area contributed by atoms with Crippen LogP contribution in [0.1, 0.15) is 16.7 Å². The van der Waals surface area contributed by atoms with Crippen LogP contribution in [-0.2, 0) is 33.7 Å². The van der Waals surface area contributed by atoms with Gasteiger partial charge in [0.1, 0.15) is 11.8 Å². The fourth-order valence-electron chi connectivity index (χ4n) is 3.02.